The van der Waals surface area contributed by atoms with Crippen LogP contribution in [0.2, 0.25) is 0 Å². The quantitative estimate of drug-likeness (QED) is 0.866. The Balaban J connectivity index is 2.03. The molecule has 0 saturated heterocycles. The fraction of sp³-hybridized carbons (Fsp3) is 0.222. The monoisotopic (exact) mass is 374 g/mol. The third-order valence-corrected chi connectivity index (χ3v) is 4.08. The lowest BCUT2D eigenvalue weighted by molar-refractivity contribution is -0.133. The first kappa shape index (κ1) is 17.2. The van der Waals surface area contributed by atoms with Crippen LogP contribution in [0.25, 0.3) is 0 Å². The van der Waals surface area contributed by atoms with E-state index >= 15 is 0 Å². The van der Waals surface area contributed by atoms with E-state index in [0.29, 0.717) is 12.2 Å². The number of para-hydroxylation sites is 1. The number of amides is 2. The van der Waals surface area contributed by atoms with Crippen molar-refractivity contribution in [2.24, 2.45) is 0 Å². The van der Waals surface area contributed by atoms with Gasteiger partial charge in [-0.15, -0.1) is 0 Å². The molecule has 4 nitrogen and oxygen atoms in total. The number of aryl methyl sites for hydroxylation is 1. The highest BCUT2D eigenvalue weighted by Crippen LogP contribution is 2.21. The fourth-order valence-corrected chi connectivity index (χ4v) is 2.62. The van der Waals surface area contributed by atoms with Crippen molar-refractivity contribution in [2.75, 3.05) is 11.9 Å². The molecule has 0 bridgehead atoms. The molecule has 2 aromatic rings. The molecule has 0 atom stereocenters. The highest BCUT2D eigenvalue weighted by molar-refractivity contribution is 9.10. The number of rotatable bonds is 5. The van der Waals surface area contributed by atoms with Crippen molar-refractivity contribution in [3.8, 4) is 0 Å². The molecule has 0 unspecified atom stereocenters. The average molecular weight is 375 g/mol. The number of carbonyl (C=O) groups excluding carboxylic acids is 2. The van der Waals surface area contributed by atoms with Gasteiger partial charge in [-0.1, -0.05) is 42.0 Å². The van der Waals surface area contributed by atoms with Gasteiger partial charge in [0.05, 0.1) is 5.69 Å². The molecule has 0 aliphatic heterocycles. The molecule has 0 heterocycles. The van der Waals surface area contributed by atoms with Crippen LogP contribution in [0.15, 0.2) is 53.0 Å². The minimum Gasteiger partial charge on any atom is -0.329 e. The Kier molecular flexibility index (Phi) is 5.93. The third kappa shape index (κ3) is 5.21. The van der Waals surface area contributed by atoms with Gasteiger partial charge in [0.15, 0.2) is 0 Å². The Hall–Kier alpha value is -2.14. The minimum atomic E-state index is -0.222. The van der Waals surface area contributed by atoms with Crippen molar-refractivity contribution in [3.63, 3.8) is 0 Å². The molecule has 2 rings (SSSR count). The number of halogens is 1. The van der Waals surface area contributed by atoms with Crippen molar-refractivity contribution in [2.45, 2.75) is 20.4 Å². The van der Waals surface area contributed by atoms with Gasteiger partial charge in [0.2, 0.25) is 11.8 Å². The van der Waals surface area contributed by atoms with E-state index in [4.69, 9.17) is 0 Å². The Bertz CT molecular complexity index is 716. The van der Waals surface area contributed by atoms with Gasteiger partial charge in [0.25, 0.3) is 0 Å². The van der Waals surface area contributed by atoms with Gasteiger partial charge in [-0.05, 0) is 40.5 Å². The van der Waals surface area contributed by atoms with Crippen LogP contribution in [0.3, 0.4) is 0 Å². The van der Waals surface area contributed by atoms with Crippen LogP contribution in [0.5, 0.6) is 0 Å². The van der Waals surface area contributed by atoms with Crippen LogP contribution in [0.4, 0.5) is 5.69 Å². The fourth-order valence-electron chi connectivity index (χ4n) is 2.24. The number of carbonyl (C=O) groups is 2. The van der Waals surface area contributed by atoms with Gasteiger partial charge < -0.3 is 10.2 Å². The van der Waals surface area contributed by atoms with E-state index in [1.807, 2.05) is 49.4 Å². The molecular weight excluding hydrogens is 356 g/mol. The van der Waals surface area contributed by atoms with Crippen LogP contribution in [-0.4, -0.2) is 23.3 Å². The van der Waals surface area contributed by atoms with Crippen molar-refractivity contribution in [1.29, 1.82) is 0 Å². The third-order valence-electron chi connectivity index (χ3n) is 3.38. The lowest BCUT2D eigenvalue weighted by atomic mass is 10.1. The van der Waals surface area contributed by atoms with Crippen molar-refractivity contribution in [1.82, 2.24) is 4.90 Å². The van der Waals surface area contributed by atoms with E-state index in [-0.39, 0.29) is 18.4 Å². The van der Waals surface area contributed by atoms with E-state index in [2.05, 4.69) is 21.2 Å². The Morgan fingerprint density at radius 1 is 1.13 bits per heavy atom. The number of benzene rings is 2. The van der Waals surface area contributed by atoms with E-state index in [0.717, 1.165) is 15.6 Å². The zero-order valence-electron chi connectivity index (χ0n) is 13.2. The van der Waals surface area contributed by atoms with Crippen LogP contribution in [0, 0.1) is 6.92 Å². The van der Waals surface area contributed by atoms with Gasteiger partial charge in [0.1, 0.15) is 6.54 Å². The summed E-state index contributed by atoms with van der Waals surface area (Å²) in [6, 6.07) is 15.3. The Morgan fingerprint density at radius 2 is 1.87 bits per heavy atom. The minimum absolute atomic E-state index is 0.0185. The van der Waals surface area contributed by atoms with E-state index in [9.17, 15) is 9.59 Å². The summed E-state index contributed by atoms with van der Waals surface area (Å²) in [6.07, 6.45) is 0. The molecular formula is C18H19BrN2O2. The molecule has 120 valence electrons. The van der Waals surface area contributed by atoms with Gasteiger partial charge in [-0.25, -0.2) is 0 Å². The highest BCUT2D eigenvalue weighted by Gasteiger charge is 2.15. The van der Waals surface area contributed by atoms with Crippen LogP contribution >= 0.6 is 15.9 Å². The summed E-state index contributed by atoms with van der Waals surface area (Å²) in [4.78, 5) is 25.6. The molecule has 0 aliphatic rings. The second kappa shape index (κ2) is 7.92. The summed E-state index contributed by atoms with van der Waals surface area (Å²) in [7, 11) is 0. The summed E-state index contributed by atoms with van der Waals surface area (Å²) in [5, 5.41) is 2.81. The summed E-state index contributed by atoms with van der Waals surface area (Å²) in [5.41, 5.74) is 2.83. The normalized spacial score (nSPS) is 10.2. The SMILES string of the molecule is CC(=O)N(CC(=O)Nc1ccccc1Br)Cc1cccc(C)c1. The second-order valence-electron chi connectivity index (χ2n) is 5.39. The molecule has 5 heteroatoms. The number of hydrogen-bond acceptors (Lipinski definition) is 2. The molecule has 0 spiro atoms. The zero-order chi connectivity index (χ0) is 16.8. The largest absolute Gasteiger partial charge is 0.329 e. The number of nitrogens with zero attached hydrogens (tertiary/aromatic N) is 1. The zero-order valence-corrected chi connectivity index (χ0v) is 14.8. The summed E-state index contributed by atoms with van der Waals surface area (Å²) < 4.78 is 0.807. The topological polar surface area (TPSA) is 49.4 Å². The van der Waals surface area contributed by atoms with Crippen molar-refractivity contribution < 1.29 is 9.59 Å². The number of hydrogen-bond donors (Lipinski definition) is 1. The van der Waals surface area contributed by atoms with Crippen molar-refractivity contribution >= 4 is 33.4 Å². The molecule has 0 fully saturated rings. The standard InChI is InChI=1S/C18H19BrN2O2/c1-13-6-5-7-15(10-13)11-21(14(2)22)12-18(23)20-17-9-4-3-8-16(17)19/h3-10H,11-12H2,1-2H3,(H,20,23). The molecule has 23 heavy (non-hydrogen) atoms. The van der Waals surface area contributed by atoms with Crippen LogP contribution in [-0.2, 0) is 16.1 Å². The summed E-state index contributed by atoms with van der Waals surface area (Å²) >= 11 is 3.39. The molecule has 2 aromatic carbocycles. The summed E-state index contributed by atoms with van der Waals surface area (Å²) in [5.74, 6) is -0.353. The predicted octanol–water partition coefficient (Wildman–Crippen LogP) is 3.74. The van der Waals surface area contributed by atoms with Gasteiger partial charge >= 0.3 is 0 Å². The molecule has 0 saturated carbocycles. The molecule has 0 radical (unpaired) electrons. The smallest absolute Gasteiger partial charge is 0.244 e. The Labute approximate surface area is 144 Å². The molecule has 0 aliphatic carbocycles. The lowest BCUT2D eigenvalue weighted by Crippen LogP contribution is -2.36. The first-order valence-corrected chi connectivity index (χ1v) is 8.10. The van der Waals surface area contributed by atoms with Crippen LogP contribution < -0.4 is 5.32 Å². The second-order valence-corrected chi connectivity index (χ2v) is 6.25. The van der Waals surface area contributed by atoms with E-state index in [1.165, 1.54) is 11.8 Å². The molecule has 2 amide bonds. The maximum absolute atomic E-state index is 12.2. The molecule has 1 N–H and O–H groups in total. The average Bonchev–Trinajstić information content (AvgIpc) is 2.49. The highest BCUT2D eigenvalue weighted by atomic mass is 79.9. The van der Waals surface area contributed by atoms with Crippen LogP contribution in [0.1, 0.15) is 18.1 Å². The van der Waals surface area contributed by atoms with Gasteiger partial charge in [-0.2, -0.15) is 0 Å². The first-order chi connectivity index (χ1) is 11.0. The van der Waals surface area contributed by atoms with E-state index < -0.39 is 0 Å². The van der Waals surface area contributed by atoms with E-state index in [1.54, 1.807) is 6.07 Å². The van der Waals surface area contributed by atoms with Gasteiger partial charge in [-0.3, -0.25) is 9.59 Å². The lowest BCUT2D eigenvalue weighted by Gasteiger charge is -2.21. The number of nitrogens with one attached hydrogen (secondary N) is 1. The first-order valence-electron chi connectivity index (χ1n) is 7.31. The predicted molar refractivity (Wildman–Crippen MR) is 95.0 cm³/mol. The van der Waals surface area contributed by atoms with Crippen molar-refractivity contribution in [3.05, 3.63) is 64.1 Å². The summed E-state index contributed by atoms with van der Waals surface area (Å²) in [6.45, 7) is 3.91. The maximum atomic E-state index is 12.2. The maximum Gasteiger partial charge on any atom is 0.244 e. The number of anilines is 1. The van der Waals surface area contributed by atoms with Gasteiger partial charge in [0, 0.05) is 17.9 Å². The Morgan fingerprint density at radius 3 is 2.52 bits per heavy atom. The molecule has 0 aromatic heterocycles.